The predicted molar refractivity (Wildman–Crippen MR) is 31.3 cm³/mol. The number of hydrogen-bond donors (Lipinski definition) is 2. The van der Waals surface area contributed by atoms with Crippen LogP contribution in [0.3, 0.4) is 0 Å². The number of rotatable bonds is 1. The predicted octanol–water partition coefficient (Wildman–Crippen LogP) is -0.221. The van der Waals surface area contributed by atoms with Crippen LogP contribution >= 0.6 is 0 Å². The molecule has 0 aromatic carbocycles. The van der Waals surface area contributed by atoms with Gasteiger partial charge in [0.15, 0.2) is 0 Å². The Morgan fingerprint density at radius 3 is 2.50 bits per heavy atom. The van der Waals surface area contributed by atoms with Crippen molar-refractivity contribution in [3.05, 3.63) is 0 Å². The lowest BCUT2D eigenvalue weighted by molar-refractivity contribution is 0.0306. The molecular formula is C5H10F2N2O. The Bertz CT molecular complexity index is 112. The molecule has 0 aromatic rings. The van der Waals surface area contributed by atoms with Crippen molar-refractivity contribution in [1.29, 1.82) is 0 Å². The van der Waals surface area contributed by atoms with Gasteiger partial charge in [0.05, 0.1) is 6.04 Å². The first kappa shape index (κ1) is 7.84. The third-order valence-electron chi connectivity index (χ3n) is 1.59. The largest absolute Gasteiger partial charge is 0.377 e. The Balaban J connectivity index is 2.41. The molecule has 0 aromatic heterocycles. The molecule has 1 fully saturated rings. The van der Waals surface area contributed by atoms with Gasteiger partial charge >= 0.3 is 0 Å². The molecule has 0 amide bonds. The SMILES string of the molecule is CN1NC(C(F)F)CC1O. The number of aliphatic hydroxyl groups is 1. The first-order valence-electron chi connectivity index (χ1n) is 3.06. The molecule has 2 unspecified atom stereocenters. The standard InChI is InChI=1S/C5H10F2N2O/c1-9-4(10)2-3(8-9)5(6)7/h3-5,8,10H,2H2,1H3. The van der Waals surface area contributed by atoms with Crippen molar-refractivity contribution in [3.8, 4) is 0 Å². The van der Waals surface area contributed by atoms with Crippen molar-refractivity contribution in [2.75, 3.05) is 7.05 Å². The van der Waals surface area contributed by atoms with Crippen molar-refractivity contribution in [2.24, 2.45) is 0 Å². The van der Waals surface area contributed by atoms with Crippen molar-refractivity contribution in [2.45, 2.75) is 25.1 Å². The monoisotopic (exact) mass is 152 g/mol. The highest BCUT2D eigenvalue weighted by atomic mass is 19.3. The average molecular weight is 152 g/mol. The number of nitrogens with zero attached hydrogens (tertiary/aromatic N) is 1. The summed E-state index contributed by atoms with van der Waals surface area (Å²) in [6.45, 7) is 0. The van der Waals surface area contributed by atoms with Crippen molar-refractivity contribution < 1.29 is 13.9 Å². The van der Waals surface area contributed by atoms with E-state index in [1.807, 2.05) is 0 Å². The van der Waals surface area contributed by atoms with Crippen molar-refractivity contribution in [1.82, 2.24) is 10.4 Å². The molecule has 0 aliphatic carbocycles. The van der Waals surface area contributed by atoms with Gasteiger partial charge in [0.25, 0.3) is 6.43 Å². The highest BCUT2D eigenvalue weighted by Crippen LogP contribution is 2.15. The van der Waals surface area contributed by atoms with Crippen molar-refractivity contribution in [3.63, 3.8) is 0 Å². The quantitative estimate of drug-likeness (QED) is 0.545. The van der Waals surface area contributed by atoms with Crippen LogP contribution in [-0.2, 0) is 0 Å². The number of halogens is 2. The normalized spacial score (nSPS) is 35.7. The summed E-state index contributed by atoms with van der Waals surface area (Å²) in [5, 5.41) is 10.2. The smallest absolute Gasteiger partial charge is 0.255 e. The van der Waals surface area contributed by atoms with Gasteiger partial charge in [0.2, 0.25) is 0 Å². The first-order valence-corrected chi connectivity index (χ1v) is 3.06. The molecule has 0 spiro atoms. The van der Waals surface area contributed by atoms with Gasteiger partial charge in [0, 0.05) is 13.5 Å². The van der Waals surface area contributed by atoms with E-state index in [9.17, 15) is 8.78 Å². The molecule has 1 saturated heterocycles. The van der Waals surface area contributed by atoms with Crippen LogP contribution in [0.4, 0.5) is 8.78 Å². The minimum Gasteiger partial charge on any atom is -0.377 e. The fourth-order valence-corrected chi connectivity index (χ4v) is 0.945. The number of nitrogens with one attached hydrogen (secondary N) is 1. The second kappa shape index (κ2) is 2.77. The lowest BCUT2D eigenvalue weighted by Gasteiger charge is -2.12. The van der Waals surface area contributed by atoms with Gasteiger partial charge in [-0.15, -0.1) is 0 Å². The molecule has 1 aliphatic rings. The molecule has 5 heteroatoms. The van der Waals surface area contributed by atoms with Gasteiger partial charge < -0.3 is 5.11 Å². The molecule has 10 heavy (non-hydrogen) atoms. The Labute approximate surface area is 57.6 Å². The average Bonchev–Trinajstić information content (AvgIpc) is 2.13. The molecule has 3 nitrogen and oxygen atoms in total. The van der Waals surface area contributed by atoms with Crippen LogP contribution < -0.4 is 5.43 Å². The molecule has 0 radical (unpaired) electrons. The van der Waals surface area contributed by atoms with Crippen LogP contribution in [0.15, 0.2) is 0 Å². The molecule has 0 saturated carbocycles. The van der Waals surface area contributed by atoms with Crippen LogP contribution in [0.25, 0.3) is 0 Å². The Morgan fingerprint density at radius 2 is 2.30 bits per heavy atom. The molecule has 1 aliphatic heterocycles. The lowest BCUT2D eigenvalue weighted by Crippen LogP contribution is -2.38. The third-order valence-corrected chi connectivity index (χ3v) is 1.59. The van der Waals surface area contributed by atoms with E-state index < -0.39 is 18.7 Å². The summed E-state index contributed by atoms with van der Waals surface area (Å²) in [6, 6.07) is -0.889. The summed E-state index contributed by atoms with van der Waals surface area (Å²) in [5.74, 6) is 0. The number of hydrogen-bond acceptors (Lipinski definition) is 3. The topological polar surface area (TPSA) is 35.5 Å². The van der Waals surface area contributed by atoms with Crippen LogP contribution in [0, 0.1) is 0 Å². The fourth-order valence-electron chi connectivity index (χ4n) is 0.945. The van der Waals surface area contributed by atoms with E-state index >= 15 is 0 Å². The van der Waals surface area contributed by atoms with Gasteiger partial charge in [-0.05, 0) is 0 Å². The first-order chi connectivity index (χ1) is 4.61. The van der Waals surface area contributed by atoms with E-state index in [2.05, 4.69) is 5.43 Å². The zero-order valence-corrected chi connectivity index (χ0v) is 5.59. The summed E-state index contributed by atoms with van der Waals surface area (Å²) in [7, 11) is 1.53. The van der Waals surface area contributed by atoms with E-state index in [1.54, 1.807) is 0 Å². The zero-order valence-electron chi connectivity index (χ0n) is 5.59. The van der Waals surface area contributed by atoms with Gasteiger partial charge in [-0.3, -0.25) is 0 Å². The van der Waals surface area contributed by atoms with Crippen LogP contribution in [0.1, 0.15) is 6.42 Å². The van der Waals surface area contributed by atoms with E-state index in [0.29, 0.717) is 0 Å². The number of hydrazine groups is 1. The maximum absolute atomic E-state index is 11.9. The second-order valence-corrected chi connectivity index (χ2v) is 2.40. The number of aliphatic hydroxyl groups excluding tert-OH is 1. The Morgan fingerprint density at radius 1 is 1.70 bits per heavy atom. The van der Waals surface area contributed by atoms with E-state index in [0.717, 1.165) is 0 Å². The maximum Gasteiger partial charge on any atom is 0.255 e. The maximum atomic E-state index is 11.9. The number of alkyl halides is 2. The third kappa shape index (κ3) is 1.42. The van der Waals surface area contributed by atoms with E-state index in [-0.39, 0.29) is 6.42 Å². The molecular weight excluding hydrogens is 142 g/mol. The van der Waals surface area contributed by atoms with Gasteiger partial charge in [0.1, 0.15) is 6.23 Å². The van der Waals surface area contributed by atoms with E-state index in [1.165, 1.54) is 12.1 Å². The van der Waals surface area contributed by atoms with Crippen LogP contribution in [0.2, 0.25) is 0 Å². The van der Waals surface area contributed by atoms with Gasteiger partial charge in [-0.25, -0.2) is 19.2 Å². The Hall–Kier alpha value is -0.260. The Kier molecular flexibility index (Phi) is 2.18. The molecule has 1 heterocycles. The van der Waals surface area contributed by atoms with Gasteiger partial charge in [-0.2, -0.15) is 0 Å². The minimum atomic E-state index is -2.40. The molecule has 60 valence electrons. The molecule has 2 atom stereocenters. The summed E-state index contributed by atoms with van der Waals surface area (Å²) >= 11 is 0. The summed E-state index contributed by atoms with van der Waals surface area (Å²) in [6.07, 6.45) is -3.09. The highest BCUT2D eigenvalue weighted by molar-refractivity contribution is 4.77. The van der Waals surface area contributed by atoms with Crippen LogP contribution in [0.5, 0.6) is 0 Å². The molecule has 1 rings (SSSR count). The van der Waals surface area contributed by atoms with Gasteiger partial charge in [-0.1, -0.05) is 0 Å². The fraction of sp³-hybridized carbons (Fsp3) is 1.00. The van der Waals surface area contributed by atoms with E-state index in [4.69, 9.17) is 5.11 Å². The molecule has 0 bridgehead atoms. The molecule has 2 N–H and O–H groups in total. The minimum absolute atomic E-state index is 0.0914. The summed E-state index contributed by atoms with van der Waals surface area (Å²) in [4.78, 5) is 0. The van der Waals surface area contributed by atoms with Crippen molar-refractivity contribution >= 4 is 0 Å². The van der Waals surface area contributed by atoms with Crippen LogP contribution in [-0.4, -0.2) is 35.9 Å². The second-order valence-electron chi connectivity index (χ2n) is 2.40. The summed E-state index contributed by atoms with van der Waals surface area (Å²) in [5.41, 5.74) is 2.44. The summed E-state index contributed by atoms with van der Waals surface area (Å²) < 4.78 is 23.8. The lowest BCUT2D eigenvalue weighted by atomic mass is 10.2. The highest BCUT2D eigenvalue weighted by Gasteiger charge is 2.32. The zero-order chi connectivity index (χ0) is 7.72.